The molecule has 104 valence electrons. The summed E-state index contributed by atoms with van der Waals surface area (Å²) >= 11 is 1.21. The summed E-state index contributed by atoms with van der Waals surface area (Å²) in [4.78, 5) is 24.4. The Balaban J connectivity index is 2.24. The van der Waals surface area contributed by atoms with Gasteiger partial charge in [-0.2, -0.15) is 0 Å². The van der Waals surface area contributed by atoms with Crippen LogP contribution >= 0.6 is 11.3 Å². The maximum atomic E-state index is 11.4. The Morgan fingerprint density at radius 3 is 2.63 bits per heavy atom. The number of hydrogen-bond donors (Lipinski definition) is 0. The standard InChI is InChI=1S/C12H16N2O4S/c1-8(15)11-7-10(14(16)17)12(19-11)13-5-3-9(18-2)4-6-13/h7,9H,3-6H2,1-2H3. The van der Waals surface area contributed by atoms with Crippen molar-refractivity contribution in [2.24, 2.45) is 0 Å². The van der Waals surface area contributed by atoms with E-state index in [9.17, 15) is 14.9 Å². The van der Waals surface area contributed by atoms with E-state index in [-0.39, 0.29) is 17.6 Å². The average Bonchev–Trinajstić information content (AvgIpc) is 2.84. The van der Waals surface area contributed by atoms with Crippen molar-refractivity contribution in [1.82, 2.24) is 0 Å². The number of ketones is 1. The van der Waals surface area contributed by atoms with Crippen molar-refractivity contribution in [3.05, 3.63) is 21.1 Å². The van der Waals surface area contributed by atoms with E-state index in [2.05, 4.69) is 0 Å². The molecule has 7 heteroatoms. The summed E-state index contributed by atoms with van der Waals surface area (Å²) in [5.41, 5.74) is 0.0334. The molecular formula is C12H16N2O4S. The van der Waals surface area contributed by atoms with Gasteiger partial charge in [0.05, 0.1) is 15.9 Å². The first-order valence-corrected chi connectivity index (χ1v) is 6.91. The summed E-state index contributed by atoms with van der Waals surface area (Å²) in [6, 6.07) is 1.38. The number of methoxy groups -OCH3 is 1. The Morgan fingerprint density at radius 2 is 2.16 bits per heavy atom. The van der Waals surface area contributed by atoms with Crippen LogP contribution in [0, 0.1) is 10.1 Å². The van der Waals surface area contributed by atoms with Crippen LogP contribution in [0.5, 0.6) is 0 Å². The number of thiophene rings is 1. The molecular weight excluding hydrogens is 268 g/mol. The molecule has 1 fully saturated rings. The number of carbonyl (C=O) groups is 1. The molecule has 19 heavy (non-hydrogen) atoms. The summed E-state index contributed by atoms with van der Waals surface area (Å²) < 4.78 is 5.29. The van der Waals surface area contributed by atoms with E-state index in [1.165, 1.54) is 24.3 Å². The second-order valence-electron chi connectivity index (χ2n) is 4.54. The van der Waals surface area contributed by atoms with Crippen molar-refractivity contribution in [1.29, 1.82) is 0 Å². The zero-order chi connectivity index (χ0) is 14.0. The Kier molecular flexibility index (Phi) is 4.16. The third kappa shape index (κ3) is 2.93. The van der Waals surface area contributed by atoms with Crippen LogP contribution in [0.4, 0.5) is 10.7 Å². The van der Waals surface area contributed by atoms with Crippen LogP contribution in [0.1, 0.15) is 29.4 Å². The van der Waals surface area contributed by atoms with Gasteiger partial charge in [0.25, 0.3) is 0 Å². The molecule has 6 nitrogen and oxygen atoms in total. The summed E-state index contributed by atoms with van der Waals surface area (Å²) in [6.45, 7) is 2.87. The molecule has 0 unspecified atom stereocenters. The number of Topliss-reactive ketones (excluding diaryl/α,β-unsaturated/α-hetero) is 1. The minimum atomic E-state index is -0.416. The summed E-state index contributed by atoms with van der Waals surface area (Å²) in [6.07, 6.45) is 1.92. The Hall–Kier alpha value is -1.47. The molecule has 1 aliphatic heterocycles. The maximum absolute atomic E-state index is 11.4. The molecule has 0 saturated carbocycles. The van der Waals surface area contributed by atoms with Crippen molar-refractivity contribution in [2.45, 2.75) is 25.9 Å². The van der Waals surface area contributed by atoms with E-state index in [0.29, 0.717) is 9.88 Å². The molecule has 0 atom stereocenters. The average molecular weight is 284 g/mol. The highest BCUT2D eigenvalue weighted by atomic mass is 32.1. The van der Waals surface area contributed by atoms with Crippen molar-refractivity contribution in [3.63, 3.8) is 0 Å². The molecule has 0 aromatic carbocycles. The molecule has 0 bridgehead atoms. The van der Waals surface area contributed by atoms with Gasteiger partial charge in [-0.3, -0.25) is 14.9 Å². The number of ether oxygens (including phenoxy) is 1. The van der Waals surface area contributed by atoms with Gasteiger partial charge in [0.2, 0.25) is 0 Å². The van der Waals surface area contributed by atoms with Gasteiger partial charge < -0.3 is 9.64 Å². The smallest absolute Gasteiger partial charge is 0.304 e. The van der Waals surface area contributed by atoms with Gasteiger partial charge in [0.15, 0.2) is 10.8 Å². The fourth-order valence-corrected chi connectivity index (χ4v) is 3.27. The molecule has 1 aromatic heterocycles. The predicted molar refractivity (Wildman–Crippen MR) is 73.2 cm³/mol. The molecule has 1 saturated heterocycles. The second kappa shape index (κ2) is 5.66. The van der Waals surface area contributed by atoms with Gasteiger partial charge >= 0.3 is 5.69 Å². The molecule has 0 aliphatic carbocycles. The van der Waals surface area contributed by atoms with Crippen LogP contribution in [0.2, 0.25) is 0 Å². The third-order valence-corrected chi connectivity index (χ3v) is 4.59. The lowest BCUT2D eigenvalue weighted by atomic mass is 10.1. The number of anilines is 1. The van der Waals surface area contributed by atoms with Crippen molar-refractivity contribution >= 4 is 27.8 Å². The largest absolute Gasteiger partial charge is 0.381 e. The van der Waals surface area contributed by atoms with E-state index in [0.717, 1.165) is 25.9 Å². The lowest BCUT2D eigenvalue weighted by molar-refractivity contribution is -0.383. The van der Waals surface area contributed by atoms with Gasteiger partial charge in [0, 0.05) is 26.3 Å². The van der Waals surface area contributed by atoms with E-state index >= 15 is 0 Å². The van der Waals surface area contributed by atoms with E-state index in [4.69, 9.17) is 4.74 Å². The lowest BCUT2D eigenvalue weighted by Gasteiger charge is -2.31. The predicted octanol–water partition coefficient (Wildman–Crippen LogP) is 2.47. The van der Waals surface area contributed by atoms with Crippen LogP contribution in [-0.4, -0.2) is 37.0 Å². The number of carbonyl (C=O) groups excluding carboxylic acids is 1. The molecule has 2 heterocycles. The first-order chi connectivity index (χ1) is 9.02. The molecule has 0 N–H and O–H groups in total. The highest BCUT2D eigenvalue weighted by Gasteiger charge is 2.28. The molecule has 0 amide bonds. The van der Waals surface area contributed by atoms with Crippen molar-refractivity contribution < 1.29 is 14.5 Å². The highest BCUT2D eigenvalue weighted by molar-refractivity contribution is 7.18. The number of nitro groups is 1. The van der Waals surface area contributed by atoms with Crippen molar-refractivity contribution in [2.75, 3.05) is 25.1 Å². The van der Waals surface area contributed by atoms with Gasteiger partial charge in [-0.1, -0.05) is 0 Å². The second-order valence-corrected chi connectivity index (χ2v) is 5.57. The minimum absolute atomic E-state index is 0.0334. The number of nitrogens with zero attached hydrogens (tertiary/aromatic N) is 2. The van der Waals surface area contributed by atoms with Gasteiger partial charge in [0.1, 0.15) is 0 Å². The first kappa shape index (κ1) is 14.0. The third-order valence-electron chi connectivity index (χ3n) is 3.30. The van der Waals surface area contributed by atoms with Gasteiger partial charge in [-0.25, -0.2) is 0 Å². The fraction of sp³-hybridized carbons (Fsp3) is 0.583. The highest BCUT2D eigenvalue weighted by Crippen LogP contribution is 2.39. The van der Waals surface area contributed by atoms with Crippen LogP contribution in [0.15, 0.2) is 6.07 Å². The number of piperidine rings is 1. The topological polar surface area (TPSA) is 72.7 Å². The zero-order valence-electron chi connectivity index (χ0n) is 10.9. The number of rotatable bonds is 4. The Bertz CT molecular complexity index is 492. The van der Waals surface area contributed by atoms with Crippen LogP contribution in [0.25, 0.3) is 0 Å². The van der Waals surface area contributed by atoms with Crippen LogP contribution in [-0.2, 0) is 4.74 Å². The normalized spacial score (nSPS) is 16.6. The molecule has 1 aliphatic rings. The van der Waals surface area contributed by atoms with Crippen LogP contribution in [0.3, 0.4) is 0 Å². The van der Waals surface area contributed by atoms with Gasteiger partial charge in [-0.15, -0.1) is 11.3 Å². The SMILES string of the molecule is COC1CCN(c2sc(C(C)=O)cc2[N+](=O)[O-])CC1. The molecule has 1 aromatic rings. The maximum Gasteiger partial charge on any atom is 0.304 e. The van der Waals surface area contributed by atoms with E-state index in [1.807, 2.05) is 4.90 Å². The summed E-state index contributed by atoms with van der Waals surface area (Å²) in [7, 11) is 1.68. The summed E-state index contributed by atoms with van der Waals surface area (Å²) in [5, 5.41) is 11.7. The minimum Gasteiger partial charge on any atom is -0.381 e. The monoisotopic (exact) mass is 284 g/mol. The first-order valence-electron chi connectivity index (χ1n) is 6.09. The lowest BCUT2D eigenvalue weighted by Crippen LogP contribution is -2.36. The van der Waals surface area contributed by atoms with Gasteiger partial charge in [-0.05, 0) is 19.8 Å². The Labute approximate surface area is 115 Å². The van der Waals surface area contributed by atoms with E-state index in [1.54, 1.807) is 7.11 Å². The quantitative estimate of drug-likeness (QED) is 0.482. The van der Waals surface area contributed by atoms with E-state index < -0.39 is 4.92 Å². The molecule has 0 spiro atoms. The Morgan fingerprint density at radius 1 is 1.53 bits per heavy atom. The molecule has 0 radical (unpaired) electrons. The fourth-order valence-electron chi connectivity index (χ4n) is 2.20. The van der Waals surface area contributed by atoms with Crippen LogP contribution < -0.4 is 4.90 Å². The number of hydrogen-bond acceptors (Lipinski definition) is 6. The van der Waals surface area contributed by atoms with Crippen molar-refractivity contribution in [3.8, 4) is 0 Å². The summed E-state index contributed by atoms with van der Waals surface area (Å²) in [5.74, 6) is -0.133. The zero-order valence-corrected chi connectivity index (χ0v) is 11.7. The molecule has 2 rings (SSSR count).